The van der Waals surface area contributed by atoms with E-state index in [2.05, 4.69) is 59.7 Å². The summed E-state index contributed by atoms with van der Waals surface area (Å²) >= 11 is 0. The van der Waals surface area contributed by atoms with Crippen molar-refractivity contribution < 1.29 is 14.3 Å². The Bertz CT molecular complexity index is 849. The van der Waals surface area contributed by atoms with Crippen molar-refractivity contribution in [2.45, 2.75) is 52.4 Å². The molecule has 0 bridgehead atoms. The van der Waals surface area contributed by atoms with Crippen molar-refractivity contribution in [1.29, 1.82) is 0 Å². The van der Waals surface area contributed by atoms with Crippen LogP contribution >= 0.6 is 0 Å². The van der Waals surface area contributed by atoms with Gasteiger partial charge in [-0.3, -0.25) is 0 Å². The van der Waals surface area contributed by atoms with Gasteiger partial charge in [-0.1, -0.05) is 78.0 Å². The van der Waals surface area contributed by atoms with E-state index in [-0.39, 0.29) is 16.4 Å². The van der Waals surface area contributed by atoms with Crippen LogP contribution in [0.4, 0.5) is 4.39 Å². The second kappa shape index (κ2) is 7.06. The molecule has 0 unspecified atom stereocenters. The highest BCUT2D eigenvalue weighted by Crippen LogP contribution is 2.34. The third-order valence-corrected chi connectivity index (χ3v) is 4.35. The average molecular weight is 354 g/mol. The zero-order chi connectivity index (χ0) is 19.7. The highest BCUT2D eigenvalue weighted by Gasteiger charge is 2.24. The molecule has 0 atom stereocenters. The number of halogens is 1. The lowest BCUT2D eigenvalue weighted by Gasteiger charge is -2.30. The maximum atomic E-state index is 13.8. The molecule has 2 nitrogen and oxygen atoms in total. The fourth-order valence-corrected chi connectivity index (χ4v) is 2.94. The quantitative estimate of drug-likeness (QED) is 0.658. The van der Waals surface area contributed by atoms with Crippen LogP contribution in [0.5, 0.6) is 0 Å². The minimum absolute atomic E-state index is 0.0156. The zero-order valence-corrected chi connectivity index (χ0v) is 16.4. The van der Waals surface area contributed by atoms with Crippen molar-refractivity contribution in [3.63, 3.8) is 0 Å². The van der Waals surface area contributed by atoms with Gasteiger partial charge in [-0.15, -0.1) is 0 Å². The minimum Gasteiger partial charge on any atom is -0.478 e. The summed E-state index contributed by atoms with van der Waals surface area (Å²) in [6.07, 6.45) is 3.73. The van der Waals surface area contributed by atoms with Crippen LogP contribution < -0.4 is 0 Å². The second-order valence-electron chi connectivity index (χ2n) is 8.68. The summed E-state index contributed by atoms with van der Waals surface area (Å²) < 4.78 is 13.8. The lowest BCUT2D eigenvalue weighted by Crippen LogP contribution is -2.22. The smallest absolute Gasteiger partial charge is 0.338 e. The number of benzene rings is 2. The maximum absolute atomic E-state index is 13.8. The Morgan fingerprint density at radius 1 is 0.846 bits per heavy atom. The highest BCUT2D eigenvalue weighted by molar-refractivity contribution is 5.88. The van der Waals surface area contributed by atoms with Crippen molar-refractivity contribution in [2.75, 3.05) is 0 Å². The van der Waals surface area contributed by atoms with E-state index in [1.807, 2.05) is 6.08 Å². The maximum Gasteiger partial charge on any atom is 0.338 e. The van der Waals surface area contributed by atoms with Crippen molar-refractivity contribution in [3.8, 4) is 0 Å². The SMILES string of the molecule is CC(C)(C)c1ccc(C=Cc2ccc(C(=O)O)c(F)c2)cc1C(C)(C)C. The Labute approximate surface area is 155 Å². The molecular formula is C23H27FO2. The van der Waals surface area contributed by atoms with Gasteiger partial charge in [0.05, 0.1) is 5.56 Å². The van der Waals surface area contributed by atoms with Crippen LogP contribution in [0.25, 0.3) is 12.2 Å². The Hall–Kier alpha value is -2.42. The number of hydrogen-bond donors (Lipinski definition) is 1. The predicted molar refractivity (Wildman–Crippen MR) is 106 cm³/mol. The van der Waals surface area contributed by atoms with Crippen molar-refractivity contribution in [1.82, 2.24) is 0 Å². The molecule has 138 valence electrons. The Morgan fingerprint density at radius 2 is 1.35 bits per heavy atom. The summed E-state index contributed by atoms with van der Waals surface area (Å²) in [6, 6.07) is 10.5. The molecule has 26 heavy (non-hydrogen) atoms. The van der Waals surface area contributed by atoms with E-state index in [4.69, 9.17) is 5.11 Å². The molecule has 0 spiro atoms. The number of hydrogen-bond acceptors (Lipinski definition) is 1. The van der Waals surface area contributed by atoms with Gasteiger partial charge in [-0.2, -0.15) is 0 Å². The first-order chi connectivity index (χ1) is 11.9. The lowest BCUT2D eigenvalue weighted by molar-refractivity contribution is 0.0692. The zero-order valence-electron chi connectivity index (χ0n) is 16.4. The molecule has 1 N–H and O–H groups in total. The first-order valence-electron chi connectivity index (χ1n) is 8.75. The van der Waals surface area contributed by atoms with E-state index in [1.54, 1.807) is 12.1 Å². The molecule has 0 amide bonds. The van der Waals surface area contributed by atoms with E-state index in [0.29, 0.717) is 5.56 Å². The number of carboxylic acid groups (broad SMARTS) is 1. The standard InChI is InChI=1S/C23H27FO2/c1-22(2,3)18-12-10-15(13-19(18)23(4,5)6)7-8-16-9-11-17(21(25)26)20(24)14-16/h7-14H,1-6H3,(H,25,26). The molecule has 0 aliphatic rings. The van der Waals surface area contributed by atoms with Gasteiger partial charge in [0.1, 0.15) is 5.82 Å². The van der Waals surface area contributed by atoms with Crippen LogP contribution in [0.1, 0.15) is 74.2 Å². The fourth-order valence-electron chi connectivity index (χ4n) is 2.94. The molecule has 0 aromatic heterocycles. The predicted octanol–water partition coefficient (Wildman–Crippen LogP) is 6.29. The van der Waals surface area contributed by atoms with E-state index in [9.17, 15) is 9.18 Å². The molecule has 0 radical (unpaired) electrons. The molecule has 0 heterocycles. The molecule has 0 aliphatic carbocycles. The van der Waals surface area contributed by atoms with Gasteiger partial charge in [0.2, 0.25) is 0 Å². The van der Waals surface area contributed by atoms with Gasteiger partial charge in [-0.05, 0) is 45.2 Å². The Kier molecular flexibility index (Phi) is 5.41. The molecule has 0 saturated carbocycles. The molecule has 0 fully saturated rings. The number of carbonyl (C=O) groups is 1. The molecule has 2 aromatic rings. The van der Waals surface area contributed by atoms with Gasteiger partial charge in [0.15, 0.2) is 0 Å². The second-order valence-corrected chi connectivity index (χ2v) is 8.68. The summed E-state index contributed by atoms with van der Waals surface area (Å²) in [4.78, 5) is 10.9. The molecule has 0 aliphatic heterocycles. The van der Waals surface area contributed by atoms with Crippen LogP contribution in [0.15, 0.2) is 36.4 Å². The third kappa shape index (κ3) is 4.60. The lowest BCUT2D eigenvalue weighted by atomic mass is 9.74. The summed E-state index contributed by atoms with van der Waals surface area (Å²) in [7, 11) is 0. The molecule has 2 aromatic carbocycles. The molecule has 3 heteroatoms. The highest BCUT2D eigenvalue weighted by atomic mass is 19.1. The van der Waals surface area contributed by atoms with E-state index >= 15 is 0 Å². The minimum atomic E-state index is -1.26. The van der Waals surface area contributed by atoms with Crippen LogP contribution in [-0.2, 0) is 10.8 Å². The largest absolute Gasteiger partial charge is 0.478 e. The first-order valence-corrected chi connectivity index (χ1v) is 8.75. The van der Waals surface area contributed by atoms with Gasteiger partial charge >= 0.3 is 5.97 Å². The fraction of sp³-hybridized carbons (Fsp3) is 0.348. The van der Waals surface area contributed by atoms with E-state index in [0.717, 1.165) is 5.56 Å². The van der Waals surface area contributed by atoms with Crippen LogP contribution in [0.3, 0.4) is 0 Å². The van der Waals surface area contributed by atoms with Gasteiger partial charge in [0.25, 0.3) is 0 Å². The van der Waals surface area contributed by atoms with Crippen molar-refractivity contribution in [2.24, 2.45) is 0 Å². The van der Waals surface area contributed by atoms with Crippen molar-refractivity contribution in [3.05, 3.63) is 70.0 Å². The number of rotatable bonds is 3. The Balaban J connectivity index is 2.40. The van der Waals surface area contributed by atoms with Crippen LogP contribution in [0.2, 0.25) is 0 Å². The monoisotopic (exact) mass is 354 g/mol. The van der Waals surface area contributed by atoms with Crippen LogP contribution in [0, 0.1) is 5.82 Å². The Morgan fingerprint density at radius 3 is 1.81 bits per heavy atom. The third-order valence-electron chi connectivity index (χ3n) is 4.35. The number of aromatic carboxylic acids is 1. The molecule has 2 rings (SSSR count). The first kappa shape index (κ1) is 19.9. The summed E-state index contributed by atoms with van der Waals surface area (Å²) in [5.41, 5.74) is 4.03. The van der Waals surface area contributed by atoms with Gasteiger partial charge in [-0.25, -0.2) is 9.18 Å². The van der Waals surface area contributed by atoms with Gasteiger partial charge in [0, 0.05) is 0 Å². The number of carboxylic acids is 1. The normalized spacial score (nSPS) is 12.6. The summed E-state index contributed by atoms with van der Waals surface area (Å²) in [6.45, 7) is 13.2. The van der Waals surface area contributed by atoms with E-state index in [1.165, 1.54) is 23.3 Å². The topological polar surface area (TPSA) is 37.3 Å². The molecular weight excluding hydrogens is 327 g/mol. The van der Waals surface area contributed by atoms with Crippen LogP contribution in [-0.4, -0.2) is 11.1 Å². The average Bonchev–Trinajstić information content (AvgIpc) is 2.50. The van der Waals surface area contributed by atoms with Gasteiger partial charge < -0.3 is 5.11 Å². The van der Waals surface area contributed by atoms with Crippen molar-refractivity contribution >= 4 is 18.1 Å². The summed E-state index contributed by atoms with van der Waals surface area (Å²) in [5.74, 6) is -1.98. The summed E-state index contributed by atoms with van der Waals surface area (Å²) in [5, 5.41) is 8.90. The van der Waals surface area contributed by atoms with E-state index < -0.39 is 11.8 Å². The molecule has 0 saturated heterocycles.